The molecule has 3 rings (SSSR count). The van der Waals surface area contributed by atoms with Crippen LogP contribution in [-0.2, 0) is 23.0 Å². The molecule has 0 heterocycles. The van der Waals surface area contributed by atoms with Gasteiger partial charge >= 0.3 is 10.1 Å². The third-order valence-corrected chi connectivity index (χ3v) is 5.19. The summed E-state index contributed by atoms with van der Waals surface area (Å²) >= 11 is 0. The van der Waals surface area contributed by atoms with Crippen LogP contribution in [0.15, 0.2) is 41.3 Å². The second kappa shape index (κ2) is 6.12. The zero-order chi connectivity index (χ0) is 17.3. The fourth-order valence-corrected chi connectivity index (χ4v) is 3.82. The number of methoxy groups -OCH3 is 1. The molecule has 2 aromatic carbocycles. The first-order chi connectivity index (χ1) is 11.4. The quantitative estimate of drug-likeness (QED) is 0.468. The van der Waals surface area contributed by atoms with E-state index in [0.717, 1.165) is 43.0 Å². The molecule has 0 amide bonds. The van der Waals surface area contributed by atoms with Crippen molar-refractivity contribution in [1.29, 1.82) is 0 Å². The van der Waals surface area contributed by atoms with Gasteiger partial charge in [0.1, 0.15) is 16.4 Å². The number of benzene rings is 2. The molecule has 0 N–H and O–H groups in total. The van der Waals surface area contributed by atoms with E-state index in [2.05, 4.69) is 0 Å². The van der Waals surface area contributed by atoms with Gasteiger partial charge < -0.3 is 8.92 Å². The molecule has 0 aromatic heterocycles. The number of nitrogens with zero attached hydrogens (tertiary/aromatic N) is 1. The van der Waals surface area contributed by atoms with Gasteiger partial charge in [0.25, 0.3) is 5.69 Å². The summed E-state index contributed by atoms with van der Waals surface area (Å²) < 4.78 is 35.1. The van der Waals surface area contributed by atoms with Crippen LogP contribution in [0.2, 0.25) is 0 Å². The molecule has 8 heteroatoms. The van der Waals surface area contributed by atoms with Gasteiger partial charge in [-0.1, -0.05) is 6.07 Å². The molecule has 0 saturated carbocycles. The fourth-order valence-electron chi connectivity index (χ4n) is 2.75. The van der Waals surface area contributed by atoms with Crippen LogP contribution in [0.1, 0.15) is 17.5 Å². The Kier molecular flexibility index (Phi) is 4.15. The Labute approximate surface area is 139 Å². The summed E-state index contributed by atoms with van der Waals surface area (Å²) in [6, 6.07) is 8.46. The van der Waals surface area contributed by atoms with E-state index in [0.29, 0.717) is 0 Å². The Morgan fingerprint density at radius 2 is 1.83 bits per heavy atom. The van der Waals surface area contributed by atoms with E-state index in [-0.39, 0.29) is 22.1 Å². The van der Waals surface area contributed by atoms with Crippen LogP contribution < -0.4 is 8.92 Å². The molecule has 0 fully saturated rings. The van der Waals surface area contributed by atoms with Gasteiger partial charge in [-0.2, -0.15) is 8.42 Å². The zero-order valence-corrected chi connectivity index (χ0v) is 13.7. The van der Waals surface area contributed by atoms with E-state index >= 15 is 0 Å². The molecule has 0 aliphatic heterocycles. The lowest BCUT2D eigenvalue weighted by atomic mass is 10.1. The van der Waals surface area contributed by atoms with Crippen LogP contribution in [-0.4, -0.2) is 20.5 Å². The molecule has 0 spiro atoms. The summed E-state index contributed by atoms with van der Waals surface area (Å²) in [5.41, 5.74) is 2.02. The number of non-ortho nitro benzene ring substituents is 1. The average molecular weight is 349 g/mol. The lowest BCUT2D eigenvalue weighted by Gasteiger charge is -2.11. The predicted molar refractivity (Wildman–Crippen MR) is 85.9 cm³/mol. The highest BCUT2D eigenvalue weighted by Gasteiger charge is 2.25. The van der Waals surface area contributed by atoms with Crippen molar-refractivity contribution >= 4 is 15.8 Å². The summed E-state index contributed by atoms with van der Waals surface area (Å²) in [4.78, 5) is 9.92. The Morgan fingerprint density at radius 1 is 1.08 bits per heavy atom. The smallest absolute Gasteiger partial charge is 0.342 e. The molecule has 0 radical (unpaired) electrons. The minimum Gasteiger partial charge on any atom is -0.495 e. The second-order valence-electron chi connectivity index (χ2n) is 5.41. The zero-order valence-electron chi connectivity index (χ0n) is 12.9. The van der Waals surface area contributed by atoms with E-state index in [1.807, 2.05) is 6.07 Å². The summed E-state index contributed by atoms with van der Waals surface area (Å²) in [6.07, 6.45) is 2.92. The summed E-state index contributed by atoms with van der Waals surface area (Å²) in [6.45, 7) is 0. The lowest BCUT2D eigenvalue weighted by Crippen LogP contribution is -2.11. The molecule has 0 unspecified atom stereocenters. The highest BCUT2D eigenvalue weighted by molar-refractivity contribution is 7.87. The van der Waals surface area contributed by atoms with Gasteiger partial charge in [0, 0.05) is 6.07 Å². The first-order valence-electron chi connectivity index (χ1n) is 7.29. The number of hydrogen-bond donors (Lipinski definition) is 0. The number of nitro benzene ring substituents is 1. The Bertz CT molecular complexity index is 907. The third kappa shape index (κ3) is 3.05. The van der Waals surface area contributed by atoms with E-state index in [4.69, 9.17) is 8.92 Å². The monoisotopic (exact) mass is 349 g/mol. The summed E-state index contributed by atoms with van der Waals surface area (Å²) in [5, 5.41) is 10.8. The Hall–Kier alpha value is -2.61. The lowest BCUT2D eigenvalue weighted by molar-refractivity contribution is -0.385. The number of ether oxygens (including phenoxy) is 1. The maximum absolute atomic E-state index is 12.5. The van der Waals surface area contributed by atoms with Crippen LogP contribution in [0.5, 0.6) is 11.5 Å². The standard InChI is InChI=1S/C16H15NO6S/c1-22-15-10-13(17(18)19)6-8-16(15)24(20,21)23-14-7-5-11-3-2-4-12(11)9-14/h5-10H,2-4H2,1H3. The molecule has 126 valence electrons. The van der Waals surface area contributed by atoms with Gasteiger partial charge in [-0.3, -0.25) is 10.1 Å². The van der Waals surface area contributed by atoms with Gasteiger partial charge in [0.15, 0.2) is 0 Å². The molecular formula is C16H15NO6S. The summed E-state index contributed by atoms with van der Waals surface area (Å²) in [5.74, 6) is 0.0846. The van der Waals surface area contributed by atoms with Crippen LogP contribution in [0.4, 0.5) is 5.69 Å². The highest BCUT2D eigenvalue weighted by atomic mass is 32.2. The normalized spacial score (nSPS) is 13.4. The topological polar surface area (TPSA) is 95.7 Å². The SMILES string of the molecule is COc1cc([N+](=O)[O-])ccc1S(=O)(=O)Oc1ccc2c(c1)CCC2. The van der Waals surface area contributed by atoms with Gasteiger partial charge in [-0.25, -0.2) is 0 Å². The molecule has 24 heavy (non-hydrogen) atoms. The Morgan fingerprint density at radius 3 is 2.54 bits per heavy atom. The number of fused-ring (bicyclic) bond motifs is 1. The predicted octanol–water partition coefficient (Wildman–Crippen LogP) is 2.86. The van der Waals surface area contributed by atoms with Crippen LogP contribution in [0.3, 0.4) is 0 Å². The van der Waals surface area contributed by atoms with Gasteiger partial charge in [0.2, 0.25) is 0 Å². The number of nitro groups is 1. The van der Waals surface area contributed by atoms with E-state index in [9.17, 15) is 18.5 Å². The van der Waals surface area contributed by atoms with Crippen molar-refractivity contribution < 1.29 is 22.3 Å². The molecule has 1 aliphatic carbocycles. The average Bonchev–Trinajstić information content (AvgIpc) is 3.01. The van der Waals surface area contributed by atoms with Crippen molar-refractivity contribution in [1.82, 2.24) is 0 Å². The molecule has 0 bridgehead atoms. The van der Waals surface area contributed by atoms with Crippen LogP contribution in [0, 0.1) is 10.1 Å². The molecule has 7 nitrogen and oxygen atoms in total. The Balaban J connectivity index is 1.94. The maximum atomic E-state index is 12.5. The first-order valence-corrected chi connectivity index (χ1v) is 8.70. The van der Waals surface area contributed by atoms with Crippen molar-refractivity contribution in [3.63, 3.8) is 0 Å². The van der Waals surface area contributed by atoms with Gasteiger partial charge in [0.05, 0.1) is 18.1 Å². The van der Waals surface area contributed by atoms with E-state index in [1.165, 1.54) is 12.7 Å². The number of hydrogen-bond acceptors (Lipinski definition) is 6. The van der Waals surface area contributed by atoms with E-state index in [1.54, 1.807) is 12.1 Å². The van der Waals surface area contributed by atoms with Crippen LogP contribution >= 0.6 is 0 Å². The third-order valence-electron chi connectivity index (χ3n) is 3.90. The second-order valence-corrected chi connectivity index (χ2v) is 6.93. The van der Waals surface area contributed by atoms with Crippen LogP contribution in [0.25, 0.3) is 0 Å². The van der Waals surface area contributed by atoms with Crippen molar-refractivity contribution in [2.24, 2.45) is 0 Å². The first kappa shape index (κ1) is 16.3. The van der Waals surface area contributed by atoms with Gasteiger partial charge in [-0.05, 0) is 48.6 Å². The largest absolute Gasteiger partial charge is 0.495 e. The maximum Gasteiger partial charge on any atom is 0.342 e. The molecule has 0 saturated heterocycles. The molecular weight excluding hydrogens is 334 g/mol. The van der Waals surface area contributed by atoms with Crippen molar-refractivity contribution in [2.75, 3.05) is 7.11 Å². The molecule has 2 aromatic rings. The fraction of sp³-hybridized carbons (Fsp3) is 0.250. The molecule has 1 aliphatic rings. The van der Waals surface area contributed by atoms with Gasteiger partial charge in [-0.15, -0.1) is 0 Å². The highest BCUT2D eigenvalue weighted by Crippen LogP contribution is 2.32. The van der Waals surface area contributed by atoms with Crippen molar-refractivity contribution in [3.05, 3.63) is 57.6 Å². The van der Waals surface area contributed by atoms with Crippen molar-refractivity contribution in [2.45, 2.75) is 24.2 Å². The molecule has 0 atom stereocenters. The number of aryl methyl sites for hydroxylation is 2. The minimum absolute atomic E-state index is 0.134. The summed E-state index contributed by atoms with van der Waals surface area (Å²) in [7, 11) is -2.92. The minimum atomic E-state index is -4.16. The van der Waals surface area contributed by atoms with Crippen molar-refractivity contribution in [3.8, 4) is 11.5 Å². The van der Waals surface area contributed by atoms with E-state index < -0.39 is 15.0 Å². The number of rotatable bonds is 5.